The molecule has 1 aliphatic heterocycles. The molecule has 3 nitrogen and oxygen atoms in total. The summed E-state index contributed by atoms with van der Waals surface area (Å²) in [6.45, 7) is 5.91. The molecule has 0 fully saturated rings. The zero-order chi connectivity index (χ0) is 14.3. The van der Waals surface area contributed by atoms with Gasteiger partial charge in [-0.1, -0.05) is 29.8 Å². The zero-order valence-electron chi connectivity index (χ0n) is 11.9. The molecule has 0 saturated heterocycles. The Kier molecular flexibility index (Phi) is 2.97. The molecule has 1 amide bonds. The number of ether oxygens (including phenoxy) is 1. The van der Waals surface area contributed by atoms with Gasteiger partial charge in [0.15, 0.2) is 6.10 Å². The topological polar surface area (TPSA) is 38.3 Å². The standard InChI is InChI=1S/C17H17NO2/c1-10-4-5-11(2)14(8-10)13-6-7-16-15(9-13)18-17(19)12(3)20-16/h4-9,12H,1-3H3,(H,18,19). The summed E-state index contributed by atoms with van der Waals surface area (Å²) in [5.74, 6) is 0.627. The molecule has 3 rings (SSSR count). The minimum Gasteiger partial charge on any atom is -0.479 e. The minimum absolute atomic E-state index is 0.101. The molecule has 20 heavy (non-hydrogen) atoms. The molecule has 1 heterocycles. The van der Waals surface area contributed by atoms with E-state index >= 15 is 0 Å². The summed E-state index contributed by atoms with van der Waals surface area (Å²) in [5.41, 5.74) is 5.44. The monoisotopic (exact) mass is 267 g/mol. The van der Waals surface area contributed by atoms with Crippen LogP contribution in [-0.4, -0.2) is 12.0 Å². The third kappa shape index (κ3) is 2.16. The molecule has 3 heteroatoms. The number of carbonyl (C=O) groups is 1. The van der Waals surface area contributed by atoms with Crippen molar-refractivity contribution in [1.82, 2.24) is 0 Å². The van der Waals surface area contributed by atoms with Crippen LogP contribution < -0.4 is 10.1 Å². The highest BCUT2D eigenvalue weighted by Gasteiger charge is 2.23. The van der Waals surface area contributed by atoms with Gasteiger partial charge in [-0.2, -0.15) is 0 Å². The fraction of sp³-hybridized carbons (Fsp3) is 0.235. The lowest BCUT2D eigenvalue weighted by atomic mass is 9.97. The summed E-state index contributed by atoms with van der Waals surface area (Å²) in [7, 11) is 0. The maximum absolute atomic E-state index is 11.7. The molecule has 2 aromatic rings. The average Bonchev–Trinajstić information content (AvgIpc) is 2.42. The van der Waals surface area contributed by atoms with Gasteiger partial charge in [-0.05, 0) is 49.6 Å². The molecular weight excluding hydrogens is 250 g/mol. The molecule has 1 atom stereocenters. The van der Waals surface area contributed by atoms with E-state index in [1.807, 2.05) is 18.2 Å². The number of hydrogen-bond acceptors (Lipinski definition) is 2. The average molecular weight is 267 g/mol. The third-order valence-corrected chi connectivity index (χ3v) is 3.61. The molecule has 1 N–H and O–H groups in total. The van der Waals surface area contributed by atoms with Gasteiger partial charge in [-0.3, -0.25) is 4.79 Å². The highest BCUT2D eigenvalue weighted by molar-refractivity contribution is 5.98. The van der Waals surface area contributed by atoms with E-state index in [4.69, 9.17) is 4.74 Å². The molecule has 1 unspecified atom stereocenters. The van der Waals surface area contributed by atoms with Crippen molar-refractivity contribution in [2.24, 2.45) is 0 Å². The van der Waals surface area contributed by atoms with E-state index in [0.717, 1.165) is 17.0 Å². The Labute approximate surface area is 118 Å². The van der Waals surface area contributed by atoms with Crippen molar-refractivity contribution in [2.45, 2.75) is 26.9 Å². The summed E-state index contributed by atoms with van der Waals surface area (Å²) in [5, 5.41) is 2.89. The highest BCUT2D eigenvalue weighted by Crippen LogP contribution is 2.35. The number of amides is 1. The zero-order valence-corrected chi connectivity index (χ0v) is 11.9. The van der Waals surface area contributed by atoms with Crippen molar-refractivity contribution in [3.8, 4) is 16.9 Å². The first kappa shape index (κ1) is 12.7. The molecule has 0 aromatic heterocycles. The van der Waals surface area contributed by atoms with Gasteiger partial charge in [0.1, 0.15) is 5.75 Å². The van der Waals surface area contributed by atoms with Crippen LogP contribution in [0.1, 0.15) is 18.1 Å². The largest absolute Gasteiger partial charge is 0.479 e. The lowest BCUT2D eigenvalue weighted by molar-refractivity contribution is -0.122. The van der Waals surface area contributed by atoms with E-state index in [1.54, 1.807) is 6.92 Å². The fourth-order valence-corrected chi connectivity index (χ4v) is 2.42. The molecule has 0 saturated carbocycles. The smallest absolute Gasteiger partial charge is 0.265 e. The van der Waals surface area contributed by atoms with Crippen LogP contribution in [0.15, 0.2) is 36.4 Å². The third-order valence-electron chi connectivity index (χ3n) is 3.61. The predicted octanol–water partition coefficient (Wildman–Crippen LogP) is 3.69. The first-order valence-electron chi connectivity index (χ1n) is 6.74. The maximum atomic E-state index is 11.7. The van der Waals surface area contributed by atoms with E-state index in [2.05, 4.69) is 37.4 Å². The molecule has 2 aromatic carbocycles. The molecule has 0 bridgehead atoms. The Morgan fingerprint density at radius 1 is 1.10 bits per heavy atom. The summed E-state index contributed by atoms with van der Waals surface area (Å²) in [4.78, 5) is 11.7. The van der Waals surface area contributed by atoms with Crippen LogP contribution in [0, 0.1) is 13.8 Å². The van der Waals surface area contributed by atoms with Crippen LogP contribution in [-0.2, 0) is 4.79 Å². The summed E-state index contributed by atoms with van der Waals surface area (Å²) < 4.78 is 5.58. The van der Waals surface area contributed by atoms with Gasteiger partial charge in [-0.15, -0.1) is 0 Å². The lowest BCUT2D eigenvalue weighted by Gasteiger charge is -2.24. The molecule has 0 spiro atoms. The number of nitrogens with one attached hydrogen (secondary N) is 1. The number of carbonyl (C=O) groups excluding carboxylic acids is 1. The highest BCUT2D eigenvalue weighted by atomic mass is 16.5. The van der Waals surface area contributed by atoms with Crippen molar-refractivity contribution in [1.29, 1.82) is 0 Å². The number of aryl methyl sites for hydroxylation is 2. The Hall–Kier alpha value is -2.29. The Morgan fingerprint density at radius 3 is 2.70 bits per heavy atom. The molecule has 1 aliphatic rings. The van der Waals surface area contributed by atoms with Crippen molar-refractivity contribution in [3.63, 3.8) is 0 Å². The molecular formula is C17H17NO2. The summed E-state index contributed by atoms with van der Waals surface area (Å²) in [6.07, 6.45) is -0.436. The Morgan fingerprint density at radius 2 is 1.90 bits per heavy atom. The van der Waals surface area contributed by atoms with E-state index in [9.17, 15) is 4.79 Å². The van der Waals surface area contributed by atoms with Crippen molar-refractivity contribution < 1.29 is 9.53 Å². The number of benzene rings is 2. The predicted molar refractivity (Wildman–Crippen MR) is 80.1 cm³/mol. The maximum Gasteiger partial charge on any atom is 0.265 e. The molecule has 0 radical (unpaired) electrons. The SMILES string of the molecule is Cc1ccc(C)c(-c2ccc3c(c2)NC(=O)C(C)O3)c1. The van der Waals surface area contributed by atoms with Crippen LogP contribution in [0.25, 0.3) is 11.1 Å². The van der Waals surface area contributed by atoms with Gasteiger partial charge >= 0.3 is 0 Å². The second-order valence-electron chi connectivity index (χ2n) is 5.28. The second-order valence-corrected chi connectivity index (χ2v) is 5.28. The number of anilines is 1. The van der Waals surface area contributed by atoms with Gasteiger partial charge in [0.25, 0.3) is 5.91 Å². The van der Waals surface area contributed by atoms with Crippen molar-refractivity contribution in [2.75, 3.05) is 5.32 Å². The van der Waals surface area contributed by atoms with Crippen LogP contribution in [0.3, 0.4) is 0 Å². The van der Waals surface area contributed by atoms with Gasteiger partial charge in [-0.25, -0.2) is 0 Å². The number of fused-ring (bicyclic) bond motifs is 1. The van der Waals surface area contributed by atoms with E-state index in [-0.39, 0.29) is 5.91 Å². The molecule has 0 aliphatic carbocycles. The quantitative estimate of drug-likeness (QED) is 0.855. The van der Waals surface area contributed by atoms with E-state index in [1.165, 1.54) is 16.7 Å². The van der Waals surface area contributed by atoms with Crippen LogP contribution in [0.2, 0.25) is 0 Å². The van der Waals surface area contributed by atoms with Crippen molar-refractivity contribution in [3.05, 3.63) is 47.5 Å². The summed E-state index contributed by atoms with van der Waals surface area (Å²) in [6, 6.07) is 12.3. The van der Waals surface area contributed by atoms with Crippen LogP contribution >= 0.6 is 0 Å². The molecule has 102 valence electrons. The van der Waals surface area contributed by atoms with Gasteiger partial charge in [0.2, 0.25) is 0 Å². The van der Waals surface area contributed by atoms with Gasteiger partial charge in [0, 0.05) is 0 Å². The van der Waals surface area contributed by atoms with E-state index in [0.29, 0.717) is 0 Å². The first-order valence-corrected chi connectivity index (χ1v) is 6.74. The number of rotatable bonds is 1. The lowest BCUT2D eigenvalue weighted by Crippen LogP contribution is -2.34. The first-order chi connectivity index (χ1) is 9.54. The second kappa shape index (κ2) is 4.67. The van der Waals surface area contributed by atoms with Crippen molar-refractivity contribution >= 4 is 11.6 Å². The Balaban J connectivity index is 2.07. The minimum atomic E-state index is -0.436. The normalized spacial score (nSPS) is 17.1. The summed E-state index contributed by atoms with van der Waals surface area (Å²) >= 11 is 0. The Bertz CT molecular complexity index is 691. The van der Waals surface area contributed by atoms with Crippen LogP contribution in [0.5, 0.6) is 5.75 Å². The van der Waals surface area contributed by atoms with Gasteiger partial charge < -0.3 is 10.1 Å². The number of hydrogen-bond donors (Lipinski definition) is 1. The van der Waals surface area contributed by atoms with Gasteiger partial charge in [0.05, 0.1) is 5.69 Å². The fourth-order valence-electron chi connectivity index (χ4n) is 2.42. The van der Waals surface area contributed by atoms with Crippen LogP contribution in [0.4, 0.5) is 5.69 Å². The van der Waals surface area contributed by atoms with E-state index < -0.39 is 6.10 Å².